The van der Waals surface area contributed by atoms with Crippen molar-refractivity contribution in [3.05, 3.63) is 48.0 Å². The zero-order chi connectivity index (χ0) is 15.4. The lowest BCUT2D eigenvalue weighted by molar-refractivity contribution is -0.137. The number of pyridine rings is 1. The summed E-state index contributed by atoms with van der Waals surface area (Å²) in [5.74, 6) is -1.02. The number of carbonyl (C=O) groups is 1. The van der Waals surface area contributed by atoms with Crippen LogP contribution in [-0.4, -0.2) is 23.2 Å². The van der Waals surface area contributed by atoms with Crippen LogP contribution >= 0.6 is 0 Å². The molecule has 0 amide bonds. The summed E-state index contributed by atoms with van der Waals surface area (Å²) >= 11 is 0. The van der Waals surface area contributed by atoms with E-state index in [4.69, 9.17) is 9.84 Å². The molecular weight excluding hydrogens is 273 g/mol. The van der Waals surface area contributed by atoms with Gasteiger partial charge in [0, 0.05) is 29.6 Å². The van der Waals surface area contributed by atoms with Gasteiger partial charge in [-0.2, -0.15) is 0 Å². The summed E-state index contributed by atoms with van der Waals surface area (Å²) in [6.07, 6.45) is 3.18. The van der Waals surface area contributed by atoms with Gasteiger partial charge in [-0.05, 0) is 29.7 Å². The fraction of sp³-hybridized carbons (Fsp3) is 0.250. The number of aliphatic carboxylic acids is 1. The van der Waals surface area contributed by atoms with E-state index in [0.29, 0.717) is 16.9 Å². The first-order valence-electron chi connectivity index (χ1n) is 6.52. The Kier molecular flexibility index (Phi) is 4.52. The molecule has 0 spiro atoms. The van der Waals surface area contributed by atoms with Gasteiger partial charge in [0.2, 0.25) is 0 Å². The summed E-state index contributed by atoms with van der Waals surface area (Å²) in [5.41, 5.74) is 1.79. The minimum atomic E-state index is -0.872. The lowest BCUT2D eigenvalue weighted by Crippen LogP contribution is -2.03. The average molecular weight is 289 g/mol. The van der Waals surface area contributed by atoms with Crippen molar-refractivity contribution in [2.24, 2.45) is 0 Å². The van der Waals surface area contributed by atoms with Crippen molar-refractivity contribution in [1.29, 1.82) is 0 Å². The summed E-state index contributed by atoms with van der Waals surface area (Å²) in [5, 5.41) is 8.84. The molecule has 5 heteroatoms. The van der Waals surface area contributed by atoms with Crippen molar-refractivity contribution in [2.75, 3.05) is 7.11 Å². The Morgan fingerprint density at radius 2 is 2.14 bits per heavy atom. The molecule has 2 aromatic rings. The maximum absolute atomic E-state index is 14.1. The van der Waals surface area contributed by atoms with Gasteiger partial charge in [0.05, 0.1) is 13.5 Å². The molecule has 1 unspecified atom stereocenters. The number of carboxylic acids is 1. The molecule has 1 N–H and O–H groups in total. The summed E-state index contributed by atoms with van der Waals surface area (Å²) < 4.78 is 19.0. The number of hydrogen-bond donors (Lipinski definition) is 1. The maximum atomic E-state index is 14.1. The number of halogens is 1. The molecule has 0 fully saturated rings. The third-order valence-corrected chi connectivity index (χ3v) is 3.30. The molecule has 4 nitrogen and oxygen atoms in total. The van der Waals surface area contributed by atoms with Crippen LogP contribution in [-0.2, 0) is 4.79 Å². The normalized spacial score (nSPS) is 12.0. The number of rotatable bonds is 5. The highest BCUT2D eigenvalue weighted by atomic mass is 19.1. The quantitative estimate of drug-likeness (QED) is 0.915. The van der Waals surface area contributed by atoms with E-state index in [2.05, 4.69) is 4.98 Å². The highest BCUT2D eigenvalue weighted by molar-refractivity contribution is 5.69. The number of hydrogen-bond acceptors (Lipinski definition) is 3. The SMILES string of the molecule is COc1ccc(-c2cncc(C(C)CC(=O)O)c2)c(F)c1. The number of benzene rings is 1. The Hall–Kier alpha value is -2.43. The fourth-order valence-corrected chi connectivity index (χ4v) is 2.11. The number of ether oxygens (including phenoxy) is 1. The summed E-state index contributed by atoms with van der Waals surface area (Å²) in [6, 6.07) is 6.37. The highest BCUT2D eigenvalue weighted by Gasteiger charge is 2.13. The van der Waals surface area contributed by atoms with E-state index in [0.717, 1.165) is 5.56 Å². The average Bonchev–Trinajstić information content (AvgIpc) is 2.46. The van der Waals surface area contributed by atoms with Crippen LogP contribution in [0, 0.1) is 5.82 Å². The predicted molar refractivity (Wildman–Crippen MR) is 76.9 cm³/mol. The fourth-order valence-electron chi connectivity index (χ4n) is 2.11. The molecule has 0 radical (unpaired) electrons. The molecule has 1 heterocycles. The van der Waals surface area contributed by atoms with Gasteiger partial charge in [0.15, 0.2) is 0 Å². The first-order chi connectivity index (χ1) is 10.0. The van der Waals surface area contributed by atoms with Crippen LogP contribution in [0.3, 0.4) is 0 Å². The summed E-state index contributed by atoms with van der Waals surface area (Å²) in [7, 11) is 1.48. The molecule has 110 valence electrons. The molecule has 0 aliphatic heterocycles. The Morgan fingerprint density at radius 1 is 1.38 bits per heavy atom. The number of carboxylic acid groups (broad SMARTS) is 1. The van der Waals surface area contributed by atoms with Gasteiger partial charge in [-0.3, -0.25) is 9.78 Å². The molecular formula is C16H16FNO3. The number of nitrogens with zero attached hydrogens (tertiary/aromatic N) is 1. The van der Waals surface area contributed by atoms with Crippen LogP contribution in [0.2, 0.25) is 0 Å². The van der Waals surface area contributed by atoms with Crippen molar-refractivity contribution in [2.45, 2.75) is 19.3 Å². The highest BCUT2D eigenvalue weighted by Crippen LogP contribution is 2.28. The first kappa shape index (κ1) is 15.0. The molecule has 0 bridgehead atoms. The monoisotopic (exact) mass is 289 g/mol. The maximum Gasteiger partial charge on any atom is 0.303 e. The molecule has 0 saturated carbocycles. The van der Waals surface area contributed by atoms with Crippen LogP contribution in [0.15, 0.2) is 36.7 Å². The Morgan fingerprint density at radius 3 is 2.76 bits per heavy atom. The van der Waals surface area contributed by atoms with Crippen molar-refractivity contribution in [3.8, 4) is 16.9 Å². The predicted octanol–water partition coefficient (Wildman–Crippen LogP) is 3.47. The van der Waals surface area contributed by atoms with E-state index < -0.39 is 11.8 Å². The number of aromatic nitrogens is 1. The van der Waals surface area contributed by atoms with E-state index >= 15 is 0 Å². The van der Waals surface area contributed by atoms with Gasteiger partial charge in [-0.15, -0.1) is 0 Å². The zero-order valence-electron chi connectivity index (χ0n) is 11.8. The van der Waals surface area contributed by atoms with Gasteiger partial charge in [0.1, 0.15) is 11.6 Å². The largest absolute Gasteiger partial charge is 0.497 e. The molecule has 1 aromatic heterocycles. The molecule has 0 saturated heterocycles. The molecule has 2 rings (SSSR count). The lowest BCUT2D eigenvalue weighted by atomic mass is 9.96. The van der Waals surface area contributed by atoms with Gasteiger partial charge < -0.3 is 9.84 Å². The van der Waals surface area contributed by atoms with Crippen LogP contribution < -0.4 is 4.74 Å². The molecule has 1 aromatic carbocycles. The summed E-state index contributed by atoms with van der Waals surface area (Å²) in [4.78, 5) is 14.9. The van der Waals surface area contributed by atoms with Crippen LogP contribution in [0.4, 0.5) is 4.39 Å². The second-order valence-electron chi connectivity index (χ2n) is 4.85. The van der Waals surface area contributed by atoms with Crippen LogP contribution in [0.25, 0.3) is 11.1 Å². The molecule has 0 aliphatic carbocycles. The summed E-state index contributed by atoms with van der Waals surface area (Å²) in [6.45, 7) is 1.80. The van der Waals surface area contributed by atoms with E-state index in [-0.39, 0.29) is 12.3 Å². The van der Waals surface area contributed by atoms with E-state index in [1.54, 1.807) is 37.5 Å². The molecule has 0 aliphatic rings. The van der Waals surface area contributed by atoms with Crippen molar-refractivity contribution in [3.63, 3.8) is 0 Å². The topological polar surface area (TPSA) is 59.4 Å². The third kappa shape index (κ3) is 3.56. The zero-order valence-corrected chi connectivity index (χ0v) is 11.8. The first-order valence-corrected chi connectivity index (χ1v) is 6.52. The minimum Gasteiger partial charge on any atom is -0.497 e. The van der Waals surface area contributed by atoms with Crippen LogP contribution in [0.5, 0.6) is 5.75 Å². The standard InChI is InChI=1S/C16H16FNO3/c1-10(5-16(19)20)11-6-12(9-18-8-11)14-4-3-13(21-2)7-15(14)17/h3-4,6-10H,5H2,1-2H3,(H,19,20). The van der Waals surface area contributed by atoms with Crippen molar-refractivity contribution in [1.82, 2.24) is 4.98 Å². The smallest absolute Gasteiger partial charge is 0.303 e. The lowest BCUT2D eigenvalue weighted by Gasteiger charge is -2.11. The molecule has 21 heavy (non-hydrogen) atoms. The van der Waals surface area contributed by atoms with Gasteiger partial charge in [0.25, 0.3) is 0 Å². The van der Waals surface area contributed by atoms with Crippen molar-refractivity contribution >= 4 is 5.97 Å². The van der Waals surface area contributed by atoms with E-state index in [1.807, 2.05) is 0 Å². The van der Waals surface area contributed by atoms with E-state index in [9.17, 15) is 9.18 Å². The van der Waals surface area contributed by atoms with Crippen LogP contribution in [0.1, 0.15) is 24.8 Å². The van der Waals surface area contributed by atoms with Crippen molar-refractivity contribution < 1.29 is 19.0 Å². The Bertz CT molecular complexity index is 658. The van der Waals surface area contributed by atoms with E-state index in [1.165, 1.54) is 13.2 Å². The molecule has 1 atom stereocenters. The van der Waals surface area contributed by atoms with Gasteiger partial charge >= 0.3 is 5.97 Å². The van der Waals surface area contributed by atoms with Gasteiger partial charge in [-0.1, -0.05) is 6.92 Å². The second kappa shape index (κ2) is 6.35. The minimum absolute atomic E-state index is 0.0101. The number of methoxy groups -OCH3 is 1. The second-order valence-corrected chi connectivity index (χ2v) is 4.85. The third-order valence-electron chi connectivity index (χ3n) is 3.30. The van der Waals surface area contributed by atoms with Gasteiger partial charge in [-0.25, -0.2) is 4.39 Å². The Labute approximate surface area is 122 Å². The Balaban J connectivity index is 2.35.